The smallest absolute Gasteiger partial charge is 0.390 e. The van der Waals surface area contributed by atoms with E-state index in [9.17, 15) is 26.4 Å². The number of H-pyrrole nitrogens is 1. The molecule has 0 aliphatic heterocycles. The van der Waals surface area contributed by atoms with Gasteiger partial charge in [0.1, 0.15) is 10.6 Å². The van der Waals surface area contributed by atoms with Crippen molar-refractivity contribution in [3.05, 3.63) is 17.0 Å². The van der Waals surface area contributed by atoms with E-state index in [0.717, 1.165) is 0 Å². The first-order valence-electron chi connectivity index (χ1n) is 5.44. The highest BCUT2D eigenvalue weighted by molar-refractivity contribution is 7.89. The van der Waals surface area contributed by atoms with Gasteiger partial charge in [0.15, 0.2) is 0 Å². The van der Waals surface area contributed by atoms with Crippen LogP contribution in [0.25, 0.3) is 0 Å². The second-order valence-corrected chi connectivity index (χ2v) is 5.85. The number of halogens is 3. The molecule has 0 atom stereocenters. The lowest BCUT2D eigenvalue weighted by atomic mass is 10.2. The van der Waals surface area contributed by atoms with Crippen molar-refractivity contribution in [3.63, 3.8) is 0 Å². The molecule has 0 aliphatic carbocycles. The number of hydrogen-bond acceptors (Lipinski definition) is 3. The summed E-state index contributed by atoms with van der Waals surface area (Å²) in [6.07, 6.45) is -5.78. The van der Waals surface area contributed by atoms with Crippen LogP contribution >= 0.6 is 0 Å². The third kappa shape index (κ3) is 3.73. The van der Waals surface area contributed by atoms with Crippen molar-refractivity contribution in [1.82, 2.24) is 9.71 Å². The van der Waals surface area contributed by atoms with Gasteiger partial charge in [-0.25, -0.2) is 17.9 Å². The summed E-state index contributed by atoms with van der Waals surface area (Å²) < 4.78 is 61.6. The Hall–Kier alpha value is -1.55. The maximum atomic E-state index is 12.0. The molecule has 3 N–H and O–H groups in total. The normalized spacial score (nSPS) is 12.7. The Balaban J connectivity index is 3.02. The van der Waals surface area contributed by atoms with E-state index in [2.05, 4.69) is 4.98 Å². The molecule has 0 aliphatic rings. The quantitative estimate of drug-likeness (QED) is 0.768. The molecule has 0 spiro atoms. The molecule has 1 aromatic heterocycles. The fourth-order valence-corrected chi connectivity index (χ4v) is 3.22. The lowest BCUT2D eigenvalue weighted by Crippen LogP contribution is -2.28. The zero-order chi connectivity index (χ0) is 15.7. The van der Waals surface area contributed by atoms with Gasteiger partial charge < -0.3 is 10.1 Å². The van der Waals surface area contributed by atoms with Crippen LogP contribution in [-0.4, -0.2) is 37.2 Å². The van der Waals surface area contributed by atoms with Crippen LogP contribution in [0.4, 0.5) is 13.2 Å². The number of nitrogens with one attached hydrogen (secondary N) is 2. The minimum absolute atomic E-state index is 0.0468. The molecule has 6 nitrogen and oxygen atoms in total. The first-order valence-corrected chi connectivity index (χ1v) is 6.93. The molecule has 1 heterocycles. The lowest BCUT2D eigenvalue weighted by Gasteiger charge is -2.09. The van der Waals surface area contributed by atoms with Gasteiger partial charge in [0.05, 0.1) is 6.42 Å². The van der Waals surface area contributed by atoms with Gasteiger partial charge in [-0.2, -0.15) is 13.2 Å². The van der Waals surface area contributed by atoms with Gasteiger partial charge in [-0.05, 0) is 13.8 Å². The van der Waals surface area contributed by atoms with Gasteiger partial charge in [0.2, 0.25) is 10.0 Å². The van der Waals surface area contributed by atoms with Gasteiger partial charge in [-0.15, -0.1) is 0 Å². The highest BCUT2D eigenvalue weighted by Crippen LogP contribution is 2.24. The molecule has 0 amide bonds. The number of rotatable bonds is 5. The number of carboxylic acid groups (broad SMARTS) is 1. The number of sulfonamides is 1. The fraction of sp³-hybridized carbons (Fsp3) is 0.500. The van der Waals surface area contributed by atoms with Crippen LogP contribution in [0.5, 0.6) is 0 Å². The Morgan fingerprint density at radius 3 is 2.30 bits per heavy atom. The summed E-state index contributed by atoms with van der Waals surface area (Å²) in [6, 6.07) is 0. The van der Waals surface area contributed by atoms with Crippen molar-refractivity contribution in [1.29, 1.82) is 0 Å². The molecule has 0 saturated heterocycles. The Morgan fingerprint density at radius 1 is 1.35 bits per heavy atom. The Labute approximate surface area is 113 Å². The number of aryl methyl sites for hydroxylation is 1. The number of hydrogen-bond donors (Lipinski definition) is 3. The number of aromatic carboxylic acids is 1. The SMILES string of the molecule is Cc1[nH]c(C(=O)O)c(C)c1S(=O)(=O)NCCC(F)(F)F. The number of carboxylic acids is 1. The van der Waals surface area contributed by atoms with E-state index in [1.54, 1.807) is 4.72 Å². The summed E-state index contributed by atoms with van der Waals surface area (Å²) in [7, 11) is -4.20. The van der Waals surface area contributed by atoms with E-state index in [1.165, 1.54) is 13.8 Å². The van der Waals surface area contributed by atoms with Crippen molar-refractivity contribution in [2.45, 2.75) is 31.3 Å². The van der Waals surface area contributed by atoms with E-state index in [1.807, 2.05) is 0 Å². The van der Waals surface area contributed by atoms with E-state index >= 15 is 0 Å². The summed E-state index contributed by atoms with van der Waals surface area (Å²) in [5.74, 6) is -1.35. The predicted octanol–water partition coefficient (Wildman–Crippen LogP) is 1.56. The Morgan fingerprint density at radius 2 is 1.90 bits per heavy atom. The maximum absolute atomic E-state index is 12.0. The average molecular weight is 314 g/mol. The average Bonchev–Trinajstić information content (AvgIpc) is 2.52. The second-order valence-electron chi connectivity index (χ2n) is 4.15. The summed E-state index contributed by atoms with van der Waals surface area (Å²) in [6.45, 7) is 1.79. The van der Waals surface area contributed by atoms with Gasteiger partial charge in [-0.3, -0.25) is 0 Å². The topological polar surface area (TPSA) is 99.3 Å². The molecule has 0 unspecified atom stereocenters. The predicted molar refractivity (Wildman–Crippen MR) is 63.1 cm³/mol. The number of aromatic amines is 1. The first-order chi connectivity index (χ1) is 8.96. The largest absolute Gasteiger partial charge is 0.477 e. The van der Waals surface area contributed by atoms with Gasteiger partial charge in [-0.1, -0.05) is 0 Å². The summed E-state index contributed by atoms with van der Waals surface area (Å²) in [5.41, 5.74) is -0.299. The van der Waals surface area contributed by atoms with Crippen LogP contribution in [0.15, 0.2) is 4.90 Å². The van der Waals surface area contributed by atoms with Crippen LogP contribution in [0.3, 0.4) is 0 Å². The van der Waals surface area contributed by atoms with Crippen molar-refractivity contribution in [2.24, 2.45) is 0 Å². The third-order valence-electron chi connectivity index (χ3n) is 2.55. The molecule has 114 valence electrons. The van der Waals surface area contributed by atoms with E-state index < -0.39 is 35.1 Å². The molecule has 20 heavy (non-hydrogen) atoms. The Bertz CT molecular complexity index is 619. The summed E-state index contributed by atoms with van der Waals surface area (Å²) >= 11 is 0. The molecule has 1 aromatic rings. The van der Waals surface area contributed by atoms with Crippen LogP contribution in [-0.2, 0) is 10.0 Å². The third-order valence-corrected chi connectivity index (χ3v) is 4.29. The Kier molecular flexibility index (Phi) is 4.49. The summed E-state index contributed by atoms with van der Waals surface area (Å²) in [5, 5.41) is 8.86. The number of carbonyl (C=O) groups is 1. The monoisotopic (exact) mass is 314 g/mol. The van der Waals surface area contributed by atoms with Crippen molar-refractivity contribution >= 4 is 16.0 Å². The molecule has 0 fully saturated rings. The molecule has 10 heteroatoms. The van der Waals surface area contributed by atoms with Crippen molar-refractivity contribution in [3.8, 4) is 0 Å². The lowest BCUT2D eigenvalue weighted by molar-refractivity contribution is -0.132. The van der Waals surface area contributed by atoms with Gasteiger partial charge in [0, 0.05) is 17.8 Å². The zero-order valence-corrected chi connectivity index (χ0v) is 11.4. The zero-order valence-electron chi connectivity index (χ0n) is 10.6. The molecular formula is C10H13F3N2O4S. The fourth-order valence-electron chi connectivity index (χ4n) is 1.75. The van der Waals surface area contributed by atoms with Crippen molar-refractivity contribution in [2.75, 3.05) is 6.54 Å². The number of alkyl halides is 3. The van der Waals surface area contributed by atoms with Crippen molar-refractivity contribution < 1.29 is 31.5 Å². The first kappa shape index (κ1) is 16.5. The molecule has 0 bridgehead atoms. The van der Waals surface area contributed by atoms with Gasteiger partial charge >= 0.3 is 12.1 Å². The minimum atomic E-state index is -4.48. The van der Waals surface area contributed by atoms with E-state index in [4.69, 9.17) is 5.11 Å². The molecule has 1 rings (SSSR count). The highest BCUT2D eigenvalue weighted by Gasteiger charge is 2.30. The van der Waals surface area contributed by atoms with Crippen LogP contribution < -0.4 is 4.72 Å². The van der Waals surface area contributed by atoms with Crippen LogP contribution in [0, 0.1) is 13.8 Å². The van der Waals surface area contributed by atoms with Crippen LogP contribution in [0.1, 0.15) is 28.2 Å². The van der Waals surface area contributed by atoms with E-state index in [-0.39, 0.29) is 21.8 Å². The number of aromatic nitrogens is 1. The molecular weight excluding hydrogens is 301 g/mol. The molecule has 0 saturated carbocycles. The van der Waals surface area contributed by atoms with Crippen LogP contribution in [0.2, 0.25) is 0 Å². The second kappa shape index (κ2) is 5.44. The standard InChI is InChI=1S/C10H13F3N2O4S/c1-5-7(9(16)17)15-6(2)8(5)20(18,19)14-4-3-10(11,12)13/h14-15H,3-4H2,1-2H3,(H,16,17). The summed E-state index contributed by atoms with van der Waals surface area (Å²) in [4.78, 5) is 12.9. The highest BCUT2D eigenvalue weighted by atomic mass is 32.2. The van der Waals surface area contributed by atoms with E-state index in [0.29, 0.717) is 0 Å². The molecule has 0 radical (unpaired) electrons. The molecule has 0 aromatic carbocycles. The van der Waals surface area contributed by atoms with Gasteiger partial charge in [0.25, 0.3) is 0 Å². The minimum Gasteiger partial charge on any atom is -0.477 e. The maximum Gasteiger partial charge on any atom is 0.390 e.